The second-order valence-corrected chi connectivity index (χ2v) is 6.19. The van der Waals surface area contributed by atoms with Gasteiger partial charge in [-0.2, -0.15) is 0 Å². The van der Waals surface area contributed by atoms with Gasteiger partial charge in [-0.25, -0.2) is 0 Å². The van der Waals surface area contributed by atoms with Crippen molar-refractivity contribution in [3.8, 4) is 0 Å². The summed E-state index contributed by atoms with van der Waals surface area (Å²) in [7, 11) is 0. The average Bonchev–Trinajstić information content (AvgIpc) is 2.56. The Bertz CT molecular complexity index is 754. The van der Waals surface area contributed by atoms with E-state index >= 15 is 0 Å². The number of carbonyl (C=O) groups is 2. The van der Waals surface area contributed by atoms with Gasteiger partial charge in [0, 0.05) is 5.56 Å². The minimum absolute atomic E-state index is 0.0672. The second kappa shape index (κ2) is 5.38. The largest absolute Gasteiger partial charge is 0.298 e. The first kappa shape index (κ1) is 14.5. The summed E-state index contributed by atoms with van der Waals surface area (Å²) in [5.41, 5.74) is 1.40. The number of fused-ring (bicyclic) bond motifs is 2. The van der Waals surface area contributed by atoms with Crippen LogP contribution in [-0.4, -0.2) is 11.6 Å². The van der Waals surface area contributed by atoms with Crippen LogP contribution in [0.5, 0.6) is 0 Å². The minimum Gasteiger partial charge on any atom is -0.298 e. The SMILES string of the molecule is CC1(C)C(=O)c2cccc(c2)/C=C\C(c2ccccc2)C1=O. The number of ketones is 2. The van der Waals surface area contributed by atoms with Crippen LogP contribution in [0.4, 0.5) is 0 Å². The van der Waals surface area contributed by atoms with E-state index in [0.717, 1.165) is 11.1 Å². The van der Waals surface area contributed by atoms with Gasteiger partial charge in [0.05, 0.1) is 11.3 Å². The molecule has 0 aromatic heterocycles. The van der Waals surface area contributed by atoms with E-state index in [1.54, 1.807) is 19.9 Å². The lowest BCUT2D eigenvalue weighted by Gasteiger charge is -2.25. The summed E-state index contributed by atoms with van der Waals surface area (Å²) in [5, 5.41) is 0. The first-order chi connectivity index (χ1) is 10.5. The topological polar surface area (TPSA) is 34.1 Å². The molecule has 22 heavy (non-hydrogen) atoms. The maximum atomic E-state index is 13.0. The number of carbonyl (C=O) groups excluding carboxylic acids is 2. The molecule has 2 bridgehead atoms. The molecule has 1 aliphatic carbocycles. The third-order valence-corrected chi connectivity index (χ3v) is 4.25. The van der Waals surface area contributed by atoms with Gasteiger partial charge in [0.2, 0.25) is 0 Å². The molecule has 0 heterocycles. The van der Waals surface area contributed by atoms with Crippen LogP contribution in [0.3, 0.4) is 0 Å². The van der Waals surface area contributed by atoms with Crippen molar-refractivity contribution < 1.29 is 9.59 Å². The predicted octanol–water partition coefficient (Wildman–Crippen LogP) is 4.28. The molecule has 0 radical (unpaired) electrons. The van der Waals surface area contributed by atoms with Crippen LogP contribution in [-0.2, 0) is 4.79 Å². The fourth-order valence-corrected chi connectivity index (χ4v) is 2.86. The molecule has 1 unspecified atom stereocenters. The highest BCUT2D eigenvalue weighted by molar-refractivity contribution is 6.16. The van der Waals surface area contributed by atoms with Gasteiger partial charge in [-0.1, -0.05) is 60.7 Å². The molecule has 0 fully saturated rings. The molecule has 1 atom stereocenters. The minimum atomic E-state index is -1.05. The number of rotatable bonds is 1. The van der Waals surface area contributed by atoms with Crippen molar-refractivity contribution in [2.75, 3.05) is 0 Å². The Morgan fingerprint density at radius 1 is 0.909 bits per heavy atom. The third kappa shape index (κ3) is 2.41. The zero-order valence-corrected chi connectivity index (χ0v) is 12.7. The van der Waals surface area contributed by atoms with E-state index in [1.165, 1.54) is 0 Å². The molecule has 0 spiro atoms. The highest BCUT2D eigenvalue weighted by atomic mass is 16.2. The number of Topliss-reactive ketones (excluding diaryl/α,β-unsaturated/α-hetero) is 2. The number of hydrogen-bond acceptors (Lipinski definition) is 2. The van der Waals surface area contributed by atoms with Crippen LogP contribution >= 0.6 is 0 Å². The van der Waals surface area contributed by atoms with Gasteiger partial charge in [0.1, 0.15) is 0 Å². The molecular formula is C20H18O2. The molecule has 3 rings (SSSR count). The first-order valence-electron chi connectivity index (χ1n) is 7.42. The van der Waals surface area contributed by atoms with Crippen LogP contribution < -0.4 is 0 Å². The lowest BCUT2D eigenvalue weighted by molar-refractivity contribution is -0.125. The van der Waals surface area contributed by atoms with Crippen LogP contribution in [0.25, 0.3) is 6.08 Å². The van der Waals surface area contributed by atoms with Gasteiger partial charge in [0.25, 0.3) is 0 Å². The smallest absolute Gasteiger partial charge is 0.175 e. The van der Waals surface area contributed by atoms with E-state index in [0.29, 0.717) is 5.56 Å². The molecule has 0 aliphatic heterocycles. The standard InChI is InChI=1S/C20H18O2/c1-20(2)18(21)16-10-6-7-14(13-16)11-12-17(19(20)22)15-8-4-3-5-9-15/h3-13,17H,1-2H3/b12-11-. The summed E-state index contributed by atoms with van der Waals surface area (Å²) in [6, 6.07) is 17.0. The van der Waals surface area contributed by atoms with Crippen LogP contribution in [0, 0.1) is 5.41 Å². The summed E-state index contributed by atoms with van der Waals surface area (Å²) in [5.74, 6) is -0.596. The molecule has 2 aromatic carbocycles. The van der Waals surface area contributed by atoms with Crippen molar-refractivity contribution >= 4 is 17.6 Å². The van der Waals surface area contributed by atoms with Crippen molar-refractivity contribution in [3.63, 3.8) is 0 Å². The van der Waals surface area contributed by atoms with Crippen LogP contribution in [0.2, 0.25) is 0 Å². The Labute approximate surface area is 130 Å². The maximum Gasteiger partial charge on any atom is 0.175 e. The molecule has 0 saturated heterocycles. The molecule has 2 heteroatoms. The number of benzene rings is 2. The summed E-state index contributed by atoms with van der Waals surface area (Å²) < 4.78 is 0. The zero-order valence-electron chi connectivity index (χ0n) is 12.7. The Balaban J connectivity index is 2.17. The second-order valence-electron chi connectivity index (χ2n) is 6.19. The Morgan fingerprint density at radius 2 is 1.64 bits per heavy atom. The summed E-state index contributed by atoms with van der Waals surface area (Å²) >= 11 is 0. The molecular weight excluding hydrogens is 272 g/mol. The molecule has 0 saturated carbocycles. The zero-order chi connectivity index (χ0) is 15.7. The van der Waals surface area contributed by atoms with E-state index in [4.69, 9.17) is 0 Å². The van der Waals surface area contributed by atoms with E-state index in [1.807, 2.05) is 60.7 Å². The molecule has 1 aliphatic rings. The third-order valence-electron chi connectivity index (χ3n) is 4.25. The average molecular weight is 290 g/mol. The first-order valence-corrected chi connectivity index (χ1v) is 7.42. The van der Waals surface area contributed by atoms with E-state index in [9.17, 15) is 9.59 Å². The molecule has 110 valence electrons. The van der Waals surface area contributed by atoms with Gasteiger partial charge in [-0.15, -0.1) is 0 Å². The van der Waals surface area contributed by atoms with Gasteiger partial charge in [-0.05, 0) is 31.0 Å². The quantitative estimate of drug-likeness (QED) is 0.735. The molecule has 0 N–H and O–H groups in total. The highest BCUT2D eigenvalue weighted by Crippen LogP contribution is 2.34. The lowest BCUT2D eigenvalue weighted by atomic mass is 9.74. The van der Waals surface area contributed by atoms with Crippen LogP contribution in [0.15, 0.2) is 60.7 Å². The Hall–Kier alpha value is -2.48. The van der Waals surface area contributed by atoms with Gasteiger partial charge in [0.15, 0.2) is 11.6 Å². The lowest BCUT2D eigenvalue weighted by Crippen LogP contribution is -2.36. The van der Waals surface area contributed by atoms with E-state index in [-0.39, 0.29) is 11.6 Å². The van der Waals surface area contributed by atoms with Gasteiger partial charge >= 0.3 is 0 Å². The Kier molecular flexibility index (Phi) is 3.53. The van der Waals surface area contributed by atoms with E-state index < -0.39 is 11.3 Å². The monoisotopic (exact) mass is 290 g/mol. The van der Waals surface area contributed by atoms with Crippen LogP contribution in [0.1, 0.15) is 41.3 Å². The fraction of sp³-hybridized carbons (Fsp3) is 0.200. The Morgan fingerprint density at radius 3 is 2.36 bits per heavy atom. The molecule has 2 nitrogen and oxygen atoms in total. The summed E-state index contributed by atoms with van der Waals surface area (Å²) in [4.78, 5) is 25.8. The normalized spacial score (nSPS) is 21.6. The fourth-order valence-electron chi connectivity index (χ4n) is 2.86. The maximum absolute atomic E-state index is 13.0. The number of allylic oxidation sites excluding steroid dienone is 1. The van der Waals surface area contributed by atoms with Gasteiger partial charge in [-0.3, -0.25) is 9.59 Å². The van der Waals surface area contributed by atoms with Crippen molar-refractivity contribution in [1.29, 1.82) is 0 Å². The van der Waals surface area contributed by atoms with Crippen molar-refractivity contribution in [2.24, 2.45) is 5.41 Å². The van der Waals surface area contributed by atoms with E-state index in [2.05, 4.69) is 0 Å². The predicted molar refractivity (Wildman–Crippen MR) is 87.8 cm³/mol. The van der Waals surface area contributed by atoms with Gasteiger partial charge < -0.3 is 0 Å². The number of hydrogen-bond donors (Lipinski definition) is 0. The molecule has 0 amide bonds. The van der Waals surface area contributed by atoms with Crippen molar-refractivity contribution in [1.82, 2.24) is 0 Å². The molecule has 2 aromatic rings. The van der Waals surface area contributed by atoms with Crippen molar-refractivity contribution in [2.45, 2.75) is 19.8 Å². The van der Waals surface area contributed by atoms with Crippen molar-refractivity contribution in [3.05, 3.63) is 77.4 Å². The highest BCUT2D eigenvalue weighted by Gasteiger charge is 2.40. The summed E-state index contributed by atoms with van der Waals surface area (Å²) in [6.07, 6.45) is 3.82. The summed E-state index contributed by atoms with van der Waals surface area (Å²) in [6.45, 7) is 3.44.